The summed E-state index contributed by atoms with van der Waals surface area (Å²) in [5.41, 5.74) is 0. The van der Waals surface area contributed by atoms with E-state index in [0.29, 0.717) is 12.8 Å². The molecule has 0 aromatic rings. The molecular formula is C53H91NO18. The summed E-state index contributed by atoms with van der Waals surface area (Å²) in [5, 5.41) is 120. The zero-order valence-electron chi connectivity index (χ0n) is 42.6. The van der Waals surface area contributed by atoms with Crippen LogP contribution in [0.2, 0.25) is 0 Å². The van der Waals surface area contributed by atoms with Crippen molar-refractivity contribution in [3.05, 3.63) is 60.8 Å². The fraction of sp³-hybridized carbons (Fsp3) is 0.792. The van der Waals surface area contributed by atoms with E-state index in [-0.39, 0.29) is 18.9 Å². The van der Waals surface area contributed by atoms with Crippen molar-refractivity contribution in [3.8, 4) is 0 Å². The summed E-state index contributed by atoms with van der Waals surface area (Å²) in [4.78, 5) is 13.2. The molecule has 0 aliphatic carbocycles. The molecule has 72 heavy (non-hydrogen) atoms. The number of carbonyl (C=O) groups is 1. The third-order valence-corrected chi connectivity index (χ3v) is 13.0. The van der Waals surface area contributed by atoms with Gasteiger partial charge in [0, 0.05) is 6.42 Å². The maximum Gasteiger partial charge on any atom is 0.220 e. The third-order valence-electron chi connectivity index (χ3n) is 13.0. The largest absolute Gasteiger partial charge is 0.394 e. The number of nitrogens with one attached hydrogen (secondary N) is 1. The quantitative estimate of drug-likeness (QED) is 0.0317. The van der Waals surface area contributed by atoms with Gasteiger partial charge in [0.25, 0.3) is 0 Å². The van der Waals surface area contributed by atoms with Crippen LogP contribution in [0.15, 0.2) is 60.8 Å². The van der Waals surface area contributed by atoms with E-state index in [0.717, 1.165) is 83.5 Å². The first-order chi connectivity index (χ1) is 34.8. The molecule has 17 atom stereocenters. The first-order valence-corrected chi connectivity index (χ1v) is 26.5. The number of carbonyl (C=O) groups excluding carboxylic acids is 1. The standard InChI is InChI=1S/C53H91NO18/c1-3-5-7-9-11-13-15-16-17-18-19-20-21-23-25-27-29-31-41(59)54-36(37(58)30-28-26-24-22-14-12-10-8-6-4-2)35-67-51-47(65)44(62)49(39(33-56)69-51)72-53-48(66)45(63)50(40(34-57)70-53)71-52-46(64)43(61)42(60)38(32-55)68-52/h6,8,11,13-14,16-17,22,28,30,36-40,42-53,55-58,60-66H,3-5,7,9-10,12,15,18-21,23-27,29,31-35H2,1-2H3,(H,54,59)/b8-6+,13-11-,17-16-,22-14+,30-28+. The molecule has 19 nitrogen and oxygen atoms in total. The van der Waals surface area contributed by atoms with E-state index in [4.69, 9.17) is 28.4 Å². The van der Waals surface area contributed by atoms with Crippen molar-refractivity contribution in [2.45, 2.75) is 240 Å². The summed E-state index contributed by atoms with van der Waals surface area (Å²) in [7, 11) is 0. The van der Waals surface area contributed by atoms with Crippen molar-refractivity contribution < 1.29 is 89.4 Å². The third kappa shape index (κ3) is 22.4. The number of hydrogen-bond donors (Lipinski definition) is 12. The van der Waals surface area contributed by atoms with Crippen LogP contribution in [0, 0.1) is 0 Å². The van der Waals surface area contributed by atoms with Crippen LogP contribution in [-0.2, 0) is 33.2 Å². The predicted molar refractivity (Wildman–Crippen MR) is 268 cm³/mol. The van der Waals surface area contributed by atoms with Gasteiger partial charge in [0.2, 0.25) is 5.91 Å². The molecule has 3 rings (SSSR count). The first-order valence-electron chi connectivity index (χ1n) is 26.5. The normalized spacial score (nSPS) is 32.5. The number of unbranched alkanes of at least 4 members (excludes halogenated alkanes) is 12. The Morgan fingerprint density at radius 3 is 1.53 bits per heavy atom. The number of aliphatic hydroxyl groups excluding tert-OH is 11. The second-order valence-corrected chi connectivity index (χ2v) is 18.9. The molecule has 3 fully saturated rings. The molecule has 3 aliphatic rings. The van der Waals surface area contributed by atoms with Gasteiger partial charge in [-0.2, -0.15) is 0 Å². The van der Waals surface area contributed by atoms with E-state index in [2.05, 4.69) is 67.8 Å². The summed E-state index contributed by atoms with van der Waals surface area (Å²) < 4.78 is 34.1. The zero-order chi connectivity index (χ0) is 52.7. The van der Waals surface area contributed by atoms with Crippen LogP contribution in [0.1, 0.15) is 136 Å². The van der Waals surface area contributed by atoms with Gasteiger partial charge >= 0.3 is 0 Å². The minimum atomic E-state index is -1.98. The van der Waals surface area contributed by atoms with E-state index < -0.39 is 124 Å². The lowest BCUT2D eigenvalue weighted by Crippen LogP contribution is -2.66. The van der Waals surface area contributed by atoms with Crippen LogP contribution in [-0.4, -0.2) is 193 Å². The highest BCUT2D eigenvalue weighted by molar-refractivity contribution is 5.76. The zero-order valence-corrected chi connectivity index (χ0v) is 42.6. The van der Waals surface area contributed by atoms with Crippen LogP contribution in [0.3, 0.4) is 0 Å². The van der Waals surface area contributed by atoms with Crippen molar-refractivity contribution >= 4 is 5.91 Å². The second-order valence-electron chi connectivity index (χ2n) is 18.9. The predicted octanol–water partition coefficient (Wildman–Crippen LogP) is 2.53. The lowest BCUT2D eigenvalue weighted by molar-refractivity contribution is -0.379. The fourth-order valence-electron chi connectivity index (χ4n) is 8.61. The van der Waals surface area contributed by atoms with Crippen LogP contribution < -0.4 is 5.32 Å². The van der Waals surface area contributed by atoms with Gasteiger partial charge in [-0.25, -0.2) is 0 Å². The van der Waals surface area contributed by atoms with Gasteiger partial charge in [-0.05, 0) is 70.6 Å². The molecule has 0 spiro atoms. The molecule has 0 radical (unpaired) electrons. The number of rotatable bonds is 36. The topological polar surface area (TPSA) is 307 Å². The lowest BCUT2D eigenvalue weighted by atomic mass is 9.96. The van der Waals surface area contributed by atoms with Gasteiger partial charge in [0.05, 0.1) is 38.6 Å². The molecule has 0 saturated carbocycles. The highest BCUT2D eigenvalue weighted by Gasteiger charge is 2.53. The van der Waals surface area contributed by atoms with Gasteiger partial charge in [0.1, 0.15) is 73.2 Å². The molecular weight excluding hydrogens is 939 g/mol. The number of ether oxygens (including phenoxy) is 6. The monoisotopic (exact) mass is 1030 g/mol. The maximum absolute atomic E-state index is 13.2. The number of aliphatic hydroxyl groups is 11. The molecule has 3 aliphatic heterocycles. The highest BCUT2D eigenvalue weighted by atomic mass is 16.8. The van der Waals surface area contributed by atoms with E-state index in [9.17, 15) is 61.0 Å². The molecule has 0 aromatic heterocycles. The summed E-state index contributed by atoms with van der Waals surface area (Å²) in [5.74, 6) is -0.305. The van der Waals surface area contributed by atoms with Gasteiger partial charge in [-0.3, -0.25) is 4.79 Å². The summed E-state index contributed by atoms with van der Waals surface area (Å²) in [6.07, 6.45) is 12.4. The van der Waals surface area contributed by atoms with Crippen molar-refractivity contribution in [3.63, 3.8) is 0 Å². The van der Waals surface area contributed by atoms with Crippen molar-refractivity contribution in [2.75, 3.05) is 26.4 Å². The van der Waals surface area contributed by atoms with Crippen LogP contribution in [0.25, 0.3) is 0 Å². The fourth-order valence-corrected chi connectivity index (χ4v) is 8.61. The summed E-state index contributed by atoms with van der Waals surface area (Å²) >= 11 is 0. The Morgan fingerprint density at radius 1 is 0.514 bits per heavy atom. The van der Waals surface area contributed by atoms with E-state index in [1.807, 2.05) is 0 Å². The Kier molecular flexibility index (Phi) is 33.0. The number of amides is 1. The average molecular weight is 1030 g/mol. The van der Waals surface area contributed by atoms with Crippen molar-refractivity contribution in [2.24, 2.45) is 0 Å². The SMILES string of the molecule is CC/C=C/CC/C=C/CC/C=C/C(O)C(COC1OC(CO)C(OC2OC(CO)C(OC3OC(CO)C(O)C(O)C3O)C(O)C2O)C(O)C1O)NC(=O)CCCCCCCCC/C=C\C/C=C\CCCCC. The Bertz CT molecular complexity index is 1560. The molecule has 17 unspecified atom stereocenters. The van der Waals surface area contributed by atoms with Gasteiger partial charge < -0.3 is 89.9 Å². The van der Waals surface area contributed by atoms with Gasteiger partial charge in [0.15, 0.2) is 18.9 Å². The maximum atomic E-state index is 13.2. The number of allylic oxidation sites excluding steroid dienone is 9. The number of hydrogen-bond acceptors (Lipinski definition) is 18. The minimum Gasteiger partial charge on any atom is -0.394 e. The molecule has 19 heteroatoms. The summed E-state index contributed by atoms with van der Waals surface area (Å²) in [6.45, 7) is 1.49. The molecule has 3 saturated heterocycles. The molecule has 0 aromatic carbocycles. The molecule has 1 amide bonds. The smallest absolute Gasteiger partial charge is 0.220 e. The minimum absolute atomic E-state index is 0.220. The molecule has 3 heterocycles. The second kappa shape index (κ2) is 37.3. The van der Waals surface area contributed by atoms with E-state index >= 15 is 0 Å². The molecule has 12 N–H and O–H groups in total. The van der Waals surface area contributed by atoms with E-state index in [1.54, 1.807) is 12.2 Å². The van der Waals surface area contributed by atoms with Gasteiger partial charge in [-0.15, -0.1) is 0 Å². The Labute approximate surface area is 426 Å². The van der Waals surface area contributed by atoms with Crippen LogP contribution >= 0.6 is 0 Å². The molecule has 0 bridgehead atoms. The van der Waals surface area contributed by atoms with Crippen LogP contribution in [0.4, 0.5) is 0 Å². The van der Waals surface area contributed by atoms with Crippen molar-refractivity contribution in [1.82, 2.24) is 5.32 Å². The van der Waals surface area contributed by atoms with Crippen LogP contribution in [0.5, 0.6) is 0 Å². The average Bonchev–Trinajstić information content (AvgIpc) is 3.37. The molecule has 416 valence electrons. The first kappa shape index (κ1) is 63.8. The Morgan fingerprint density at radius 2 is 0.972 bits per heavy atom. The summed E-state index contributed by atoms with van der Waals surface area (Å²) in [6, 6.07) is -0.999. The van der Waals surface area contributed by atoms with Crippen molar-refractivity contribution in [1.29, 1.82) is 0 Å². The Balaban J connectivity index is 1.54. The lowest BCUT2D eigenvalue weighted by Gasteiger charge is -2.48. The highest BCUT2D eigenvalue weighted by Crippen LogP contribution is 2.33. The Hall–Kier alpha value is -2.51. The van der Waals surface area contributed by atoms with Gasteiger partial charge in [-0.1, -0.05) is 120 Å². The van der Waals surface area contributed by atoms with E-state index in [1.165, 1.54) is 19.3 Å².